The van der Waals surface area contributed by atoms with Crippen LogP contribution in [0.3, 0.4) is 0 Å². The Morgan fingerprint density at radius 2 is 2.26 bits per heavy atom. The number of rotatable bonds is 5. The van der Waals surface area contributed by atoms with Crippen molar-refractivity contribution in [2.75, 3.05) is 45.2 Å². The second kappa shape index (κ2) is 6.73. The van der Waals surface area contributed by atoms with Crippen LogP contribution in [-0.2, 0) is 6.42 Å². The molecule has 2 rings (SSSR count). The molecule has 1 atom stereocenters. The van der Waals surface area contributed by atoms with Crippen molar-refractivity contribution in [3.63, 3.8) is 0 Å². The van der Waals surface area contributed by atoms with E-state index in [1.165, 1.54) is 30.8 Å². The Morgan fingerprint density at radius 3 is 2.89 bits per heavy atom. The lowest BCUT2D eigenvalue weighted by atomic mass is 10.1. The third-order valence-corrected chi connectivity index (χ3v) is 4.39. The molecule has 1 aliphatic rings. The molecule has 0 bridgehead atoms. The molecule has 0 aliphatic carbocycles. The molecule has 1 heterocycles. The fraction of sp³-hybridized carbons (Fsp3) is 0.600. The van der Waals surface area contributed by atoms with Crippen molar-refractivity contribution in [3.05, 3.63) is 28.2 Å². The summed E-state index contributed by atoms with van der Waals surface area (Å²) < 4.78 is 1.14. The molecule has 0 radical (unpaired) electrons. The molecular weight excluding hydrogens is 302 g/mol. The molecule has 1 aromatic rings. The highest BCUT2D eigenvalue weighted by Crippen LogP contribution is 2.26. The summed E-state index contributed by atoms with van der Waals surface area (Å²) in [5.41, 5.74) is 8.37. The Morgan fingerprint density at radius 1 is 1.47 bits per heavy atom. The number of likely N-dealkylation sites (tertiary alicyclic amines) is 1. The van der Waals surface area contributed by atoms with E-state index in [1.807, 2.05) is 0 Å². The number of benzene rings is 1. The predicted molar refractivity (Wildman–Crippen MR) is 85.8 cm³/mol. The molecule has 0 amide bonds. The first-order valence-corrected chi connectivity index (χ1v) is 7.77. The largest absolute Gasteiger partial charge is 0.374 e. The van der Waals surface area contributed by atoms with Crippen molar-refractivity contribution in [1.82, 2.24) is 4.90 Å². The van der Waals surface area contributed by atoms with Gasteiger partial charge in [-0.15, -0.1) is 0 Å². The van der Waals surface area contributed by atoms with Crippen molar-refractivity contribution < 1.29 is 0 Å². The van der Waals surface area contributed by atoms with E-state index >= 15 is 0 Å². The van der Waals surface area contributed by atoms with E-state index < -0.39 is 0 Å². The van der Waals surface area contributed by atoms with Crippen LogP contribution in [0.25, 0.3) is 0 Å². The summed E-state index contributed by atoms with van der Waals surface area (Å²) in [6.07, 6.45) is 2.25. The normalized spacial score (nSPS) is 19.9. The lowest BCUT2D eigenvalue weighted by Gasteiger charge is -2.26. The fourth-order valence-corrected chi connectivity index (χ4v) is 3.27. The Labute approximate surface area is 124 Å². The molecule has 1 unspecified atom stereocenters. The van der Waals surface area contributed by atoms with Gasteiger partial charge in [0.1, 0.15) is 0 Å². The van der Waals surface area contributed by atoms with E-state index in [2.05, 4.69) is 58.0 Å². The molecule has 106 valence electrons. The summed E-state index contributed by atoms with van der Waals surface area (Å²) in [6, 6.07) is 6.50. The first-order valence-electron chi connectivity index (χ1n) is 6.98. The van der Waals surface area contributed by atoms with Gasteiger partial charge < -0.3 is 15.5 Å². The monoisotopic (exact) mass is 325 g/mol. The first-order chi connectivity index (χ1) is 9.10. The van der Waals surface area contributed by atoms with Crippen LogP contribution in [0.4, 0.5) is 5.69 Å². The van der Waals surface area contributed by atoms with Gasteiger partial charge in [0.15, 0.2) is 0 Å². The van der Waals surface area contributed by atoms with Gasteiger partial charge in [0.2, 0.25) is 0 Å². The van der Waals surface area contributed by atoms with Gasteiger partial charge >= 0.3 is 0 Å². The van der Waals surface area contributed by atoms with Crippen molar-refractivity contribution in [2.24, 2.45) is 11.7 Å². The van der Waals surface area contributed by atoms with E-state index in [4.69, 9.17) is 5.73 Å². The van der Waals surface area contributed by atoms with Crippen molar-refractivity contribution in [2.45, 2.75) is 12.8 Å². The smallest absolute Gasteiger partial charge is 0.0408 e. The van der Waals surface area contributed by atoms with Crippen LogP contribution in [0.1, 0.15) is 12.0 Å². The van der Waals surface area contributed by atoms with Gasteiger partial charge in [-0.25, -0.2) is 0 Å². The average Bonchev–Trinajstić information content (AvgIpc) is 2.77. The van der Waals surface area contributed by atoms with E-state index in [0.717, 1.165) is 23.4 Å². The maximum Gasteiger partial charge on any atom is 0.0408 e. The molecule has 1 fully saturated rings. The number of nitrogens with two attached hydrogens (primary N) is 1. The second-order valence-corrected chi connectivity index (χ2v) is 6.52. The van der Waals surface area contributed by atoms with Gasteiger partial charge in [-0.2, -0.15) is 0 Å². The van der Waals surface area contributed by atoms with Crippen LogP contribution >= 0.6 is 15.9 Å². The number of hydrogen-bond acceptors (Lipinski definition) is 3. The molecule has 3 nitrogen and oxygen atoms in total. The first kappa shape index (κ1) is 14.8. The van der Waals surface area contributed by atoms with Crippen LogP contribution in [0.5, 0.6) is 0 Å². The standard InChI is InChI=1S/C15H24BrN3/c1-18-8-6-12(10-18)11-19(2)15-9-14(16)4-3-13(15)5-7-17/h3-4,9,12H,5-8,10-11,17H2,1-2H3. The quantitative estimate of drug-likeness (QED) is 0.901. The molecule has 4 heteroatoms. The molecule has 0 saturated carbocycles. The Kier molecular flexibility index (Phi) is 5.25. The van der Waals surface area contributed by atoms with Crippen LogP contribution in [0.2, 0.25) is 0 Å². The number of anilines is 1. The van der Waals surface area contributed by atoms with Crippen molar-refractivity contribution in [3.8, 4) is 0 Å². The topological polar surface area (TPSA) is 32.5 Å². The van der Waals surface area contributed by atoms with E-state index in [9.17, 15) is 0 Å². The maximum absolute atomic E-state index is 5.71. The molecule has 1 aromatic carbocycles. The minimum Gasteiger partial charge on any atom is -0.374 e. The highest BCUT2D eigenvalue weighted by atomic mass is 79.9. The van der Waals surface area contributed by atoms with E-state index in [1.54, 1.807) is 0 Å². The zero-order chi connectivity index (χ0) is 13.8. The van der Waals surface area contributed by atoms with Gasteiger partial charge in [-0.3, -0.25) is 0 Å². The molecule has 19 heavy (non-hydrogen) atoms. The Hall–Kier alpha value is -0.580. The average molecular weight is 326 g/mol. The van der Waals surface area contributed by atoms with Gasteiger partial charge in [-0.1, -0.05) is 22.0 Å². The van der Waals surface area contributed by atoms with Crippen LogP contribution in [0.15, 0.2) is 22.7 Å². The third-order valence-electron chi connectivity index (χ3n) is 3.89. The summed E-state index contributed by atoms with van der Waals surface area (Å²) in [5.74, 6) is 0.778. The second-order valence-electron chi connectivity index (χ2n) is 5.61. The SMILES string of the molecule is CN1CCC(CN(C)c2cc(Br)ccc2CCN)C1. The Bertz CT molecular complexity index is 422. The van der Waals surface area contributed by atoms with Crippen molar-refractivity contribution in [1.29, 1.82) is 0 Å². The summed E-state index contributed by atoms with van der Waals surface area (Å²) in [5, 5.41) is 0. The molecule has 0 spiro atoms. The number of nitrogens with zero attached hydrogens (tertiary/aromatic N) is 2. The minimum absolute atomic E-state index is 0.703. The molecular formula is C15H24BrN3. The third kappa shape index (κ3) is 3.94. The fourth-order valence-electron chi connectivity index (χ4n) is 2.92. The van der Waals surface area contributed by atoms with Crippen LogP contribution in [-0.4, -0.2) is 45.2 Å². The van der Waals surface area contributed by atoms with Gasteiger partial charge in [-0.05, 0) is 56.6 Å². The molecule has 2 N–H and O–H groups in total. The highest BCUT2D eigenvalue weighted by Gasteiger charge is 2.21. The lowest BCUT2D eigenvalue weighted by molar-refractivity contribution is 0.396. The van der Waals surface area contributed by atoms with Gasteiger partial charge in [0.25, 0.3) is 0 Å². The molecule has 0 aromatic heterocycles. The van der Waals surface area contributed by atoms with Gasteiger partial charge in [0.05, 0.1) is 0 Å². The number of halogens is 1. The highest BCUT2D eigenvalue weighted by molar-refractivity contribution is 9.10. The Balaban J connectivity index is 2.08. The minimum atomic E-state index is 0.703. The van der Waals surface area contributed by atoms with E-state index in [0.29, 0.717) is 6.54 Å². The molecule has 1 aliphatic heterocycles. The zero-order valence-electron chi connectivity index (χ0n) is 11.9. The number of hydrogen-bond donors (Lipinski definition) is 1. The van der Waals surface area contributed by atoms with Crippen molar-refractivity contribution >= 4 is 21.6 Å². The predicted octanol–water partition coefficient (Wildman–Crippen LogP) is 2.34. The van der Waals surface area contributed by atoms with Crippen LogP contribution < -0.4 is 10.6 Å². The van der Waals surface area contributed by atoms with E-state index in [-0.39, 0.29) is 0 Å². The summed E-state index contributed by atoms with van der Waals surface area (Å²) >= 11 is 3.57. The van der Waals surface area contributed by atoms with Crippen LogP contribution in [0, 0.1) is 5.92 Å². The van der Waals surface area contributed by atoms with Gasteiger partial charge in [0, 0.05) is 30.3 Å². The summed E-state index contributed by atoms with van der Waals surface area (Å²) in [4.78, 5) is 4.81. The lowest BCUT2D eigenvalue weighted by Crippen LogP contribution is -2.28. The summed E-state index contributed by atoms with van der Waals surface area (Å²) in [7, 11) is 4.40. The zero-order valence-corrected chi connectivity index (χ0v) is 13.5. The summed E-state index contributed by atoms with van der Waals surface area (Å²) in [6.45, 7) is 4.27. The molecule has 1 saturated heterocycles. The maximum atomic E-state index is 5.71.